The van der Waals surface area contributed by atoms with Crippen LogP contribution in [-0.2, 0) is 4.74 Å². The lowest BCUT2D eigenvalue weighted by Gasteiger charge is -2.32. The maximum Gasteiger partial charge on any atom is 0.161 e. The van der Waals surface area contributed by atoms with E-state index in [1.165, 1.54) is 0 Å². The monoisotopic (exact) mass is 266 g/mol. The Kier molecular flexibility index (Phi) is 3.95. The van der Waals surface area contributed by atoms with Crippen LogP contribution in [0.4, 0.5) is 5.69 Å². The van der Waals surface area contributed by atoms with E-state index in [0.29, 0.717) is 18.2 Å². The van der Waals surface area contributed by atoms with Gasteiger partial charge in [0.15, 0.2) is 6.10 Å². The number of halogens is 1. The van der Waals surface area contributed by atoms with E-state index in [2.05, 4.69) is 11.0 Å². The Balaban J connectivity index is 2.32. The molecule has 1 fully saturated rings. The van der Waals surface area contributed by atoms with Gasteiger partial charge in [-0.2, -0.15) is 5.26 Å². The molecule has 0 spiro atoms. The summed E-state index contributed by atoms with van der Waals surface area (Å²) in [6, 6.07) is 5.93. The summed E-state index contributed by atoms with van der Waals surface area (Å²) in [7, 11) is 1.62. The van der Waals surface area contributed by atoms with Gasteiger partial charge < -0.3 is 14.4 Å². The smallest absolute Gasteiger partial charge is 0.161 e. The number of rotatable bonds is 2. The highest BCUT2D eigenvalue weighted by Gasteiger charge is 2.23. The van der Waals surface area contributed by atoms with Gasteiger partial charge in [-0.05, 0) is 18.6 Å². The standard InChI is InChI=1S/C13H15ClN2O2/c1-9-5-12(13(17-2)6-11(9)14)16-3-4-18-10(7-15)8-16/h5-6,10H,3-4,8H2,1-2H3. The highest BCUT2D eigenvalue weighted by atomic mass is 35.5. The summed E-state index contributed by atoms with van der Waals surface area (Å²) < 4.78 is 10.7. The molecule has 1 heterocycles. The molecule has 96 valence electrons. The van der Waals surface area contributed by atoms with Crippen LogP contribution in [0.25, 0.3) is 0 Å². The van der Waals surface area contributed by atoms with Gasteiger partial charge in [-0.15, -0.1) is 0 Å². The minimum Gasteiger partial charge on any atom is -0.495 e. The highest BCUT2D eigenvalue weighted by Crippen LogP contribution is 2.34. The van der Waals surface area contributed by atoms with Crippen LogP contribution in [0.5, 0.6) is 5.75 Å². The fraction of sp³-hybridized carbons (Fsp3) is 0.462. The first-order chi connectivity index (χ1) is 8.65. The third kappa shape index (κ3) is 2.53. The van der Waals surface area contributed by atoms with Crippen LogP contribution in [0, 0.1) is 18.3 Å². The van der Waals surface area contributed by atoms with Crippen molar-refractivity contribution in [2.75, 3.05) is 31.7 Å². The van der Waals surface area contributed by atoms with Crippen molar-refractivity contribution in [2.24, 2.45) is 0 Å². The topological polar surface area (TPSA) is 45.5 Å². The van der Waals surface area contributed by atoms with E-state index in [1.54, 1.807) is 7.11 Å². The number of benzene rings is 1. The van der Waals surface area contributed by atoms with Gasteiger partial charge in [0.1, 0.15) is 5.75 Å². The number of nitriles is 1. The second-order valence-corrected chi connectivity index (χ2v) is 4.61. The van der Waals surface area contributed by atoms with Crippen molar-refractivity contribution in [3.8, 4) is 11.8 Å². The van der Waals surface area contributed by atoms with Crippen LogP contribution >= 0.6 is 11.6 Å². The third-order valence-corrected chi connectivity index (χ3v) is 3.42. The first-order valence-corrected chi connectivity index (χ1v) is 6.13. The van der Waals surface area contributed by atoms with Crippen LogP contribution in [0.15, 0.2) is 12.1 Å². The van der Waals surface area contributed by atoms with Crippen molar-refractivity contribution in [2.45, 2.75) is 13.0 Å². The second-order valence-electron chi connectivity index (χ2n) is 4.21. The predicted molar refractivity (Wildman–Crippen MR) is 70.3 cm³/mol. The normalized spacial score (nSPS) is 19.4. The van der Waals surface area contributed by atoms with E-state index >= 15 is 0 Å². The lowest BCUT2D eigenvalue weighted by Crippen LogP contribution is -2.42. The van der Waals surface area contributed by atoms with E-state index in [0.717, 1.165) is 23.5 Å². The molecule has 1 aromatic carbocycles. The van der Waals surface area contributed by atoms with Gasteiger partial charge in [-0.1, -0.05) is 11.6 Å². The Morgan fingerprint density at radius 3 is 3.00 bits per heavy atom. The molecule has 1 aliphatic rings. The Morgan fingerprint density at radius 1 is 1.56 bits per heavy atom. The maximum absolute atomic E-state index is 8.93. The number of hydrogen-bond donors (Lipinski definition) is 0. The fourth-order valence-corrected chi connectivity index (χ4v) is 2.16. The van der Waals surface area contributed by atoms with Crippen molar-refractivity contribution in [3.05, 3.63) is 22.7 Å². The number of nitrogens with zero attached hydrogens (tertiary/aromatic N) is 2. The molecule has 0 aromatic heterocycles. The molecular weight excluding hydrogens is 252 g/mol. The quantitative estimate of drug-likeness (QED) is 0.825. The molecule has 0 amide bonds. The zero-order valence-corrected chi connectivity index (χ0v) is 11.2. The number of hydrogen-bond acceptors (Lipinski definition) is 4. The van der Waals surface area contributed by atoms with E-state index in [1.807, 2.05) is 19.1 Å². The molecule has 18 heavy (non-hydrogen) atoms. The van der Waals surface area contributed by atoms with Gasteiger partial charge in [0.25, 0.3) is 0 Å². The number of aryl methyl sites for hydroxylation is 1. The zero-order chi connectivity index (χ0) is 13.1. The van der Waals surface area contributed by atoms with Crippen molar-refractivity contribution < 1.29 is 9.47 Å². The van der Waals surface area contributed by atoms with Gasteiger partial charge in [0.2, 0.25) is 0 Å². The van der Waals surface area contributed by atoms with Gasteiger partial charge in [-0.25, -0.2) is 0 Å². The number of ether oxygens (including phenoxy) is 2. The molecule has 1 aromatic rings. The first-order valence-electron chi connectivity index (χ1n) is 5.76. The number of methoxy groups -OCH3 is 1. The van der Waals surface area contributed by atoms with Gasteiger partial charge >= 0.3 is 0 Å². The maximum atomic E-state index is 8.93. The first kappa shape index (κ1) is 13.0. The lowest BCUT2D eigenvalue weighted by atomic mass is 10.1. The highest BCUT2D eigenvalue weighted by molar-refractivity contribution is 6.31. The average Bonchev–Trinajstić information content (AvgIpc) is 2.41. The summed E-state index contributed by atoms with van der Waals surface area (Å²) in [5.74, 6) is 0.726. The van der Waals surface area contributed by atoms with Gasteiger partial charge in [0, 0.05) is 17.6 Å². The molecule has 0 N–H and O–H groups in total. The Bertz CT molecular complexity index is 485. The SMILES string of the molecule is COc1cc(Cl)c(C)cc1N1CCOC(C#N)C1. The van der Waals surface area contributed by atoms with Crippen molar-refractivity contribution in [1.82, 2.24) is 0 Å². The molecule has 1 saturated heterocycles. The van der Waals surface area contributed by atoms with E-state index in [4.69, 9.17) is 26.3 Å². The van der Waals surface area contributed by atoms with Crippen LogP contribution < -0.4 is 9.64 Å². The van der Waals surface area contributed by atoms with Crippen molar-refractivity contribution in [3.63, 3.8) is 0 Å². The van der Waals surface area contributed by atoms with Gasteiger partial charge in [-0.3, -0.25) is 0 Å². The molecule has 1 unspecified atom stereocenters. The minimum absolute atomic E-state index is 0.389. The molecule has 4 nitrogen and oxygen atoms in total. The Morgan fingerprint density at radius 2 is 2.33 bits per heavy atom. The van der Waals surface area contributed by atoms with Crippen molar-refractivity contribution >= 4 is 17.3 Å². The largest absolute Gasteiger partial charge is 0.495 e. The summed E-state index contributed by atoms with van der Waals surface area (Å²) in [6.07, 6.45) is -0.389. The molecule has 0 radical (unpaired) electrons. The molecule has 0 aliphatic carbocycles. The van der Waals surface area contributed by atoms with E-state index < -0.39 is 0 Å². The van der Waals surface area contributed by atoms with Gasteiger partial charge in [0.05, 0.1) is 32.0 Å². The summed E-state index contributed by atoms with van der Waals surface area (Å²) in [5.41, 5.74) is 1.95. The third-order valence-electron chi connectivity index (χ3n) is 3.01. The molecule has 1 atom stereocenters. The average molecular weight is 267 g/mol. The lowest BCUT2D eigenvalue weighted by molar-refractivity contribution is 0.0763. The van der Waals surface area contributed by atoms with Crippen LogP contribution in [-0.4, -0.2) is 32.9 Å². The minimum atomic E-state index is -0.389. The zero-order valence-electron chi connectivity index (χ0n) is 10.4. The van der Waals surface area contributed by atoms with Crippen LogP contribution in [0.3, 0.4) is 0 Å². The van der Waals surface area contributed by atoms with Crippen LogP contribution in [0.1, 0.15) is 5.56 Å². The molecule has 5 heteroatoms. The molecule has 2 rings (SSSR count). The van der Waals surface area contributed by atoms with E-state index in [9.17, 15) is 0 Å². The molecular formula is C13H15ClN2O2. The number of anilines is 1. The van der Waals surface area contributed by atoms with Crippen molar-refractivity contribution in [1.29, 1.82) is 5.26 Å². The molecule has 1 aliphatic heterocycles. The fourth-order valence-electron chi connectivity index (χ4n) is 2.00. The Hall–Kier alpha value is -1.44. The summed E-state index contributed by atoms with van der Waals surface area (Å²) >= 11 is 6.08. The predicted octanol–water partition coefficient (Wildman–Crippen LogP) is 2.39. The second kappa shape index (κ2) is 5.47. The summed E-state index contributed by atoms with van der Waals surface area (Å²) in [5, 5.41) is 9.61. The number of morpholine rings is 1. The van der Waals surface area contributed by atoms with Crippen LogP contribution in [0.2, 0.25) is 5.02 Å². The molecule has 0 saturated carbocycles. The summed E-state index contributed by atoms with van der Waals surface area (Å²) in [4.78, 5) is 2.10. The Labute approximate surface area is 112 Å². The van der Waals surface area contributed by atoms with E-state index in [-0.39, 0.29) is 6.10 Å². The molecule has 0 bridgehead atoms. The summed E-state index contributed by atoms with van der Waals surface area (Å²) in [6.45, 7) is 3.79.